The van der Waals surface area contributed by atoms with Gasteiger partial charge in [0, 0.05) is 6.04 Å². The summed E-state index contributed by atoms with van der Waals surface area (Å²) in [7, 11) is 0. The van der Waals surface area contributed by atoms with Crippen LogP contribution in [0.25, 0.3) is 10.4 Å². The van der Waals surface area contributed by atoms with E-state index in [-0.39, 0.29) is 0 Å². The molecule has 0 spiro atoms. The summed E-state index contributed by atoms with van der Waals surface area (Å²) in [4.78, 5) is 8.45. The Kier molecular flexibility index (Phi) is 3.90. The maximum absolute atomic E-state index is 4.55. The van der Waals surface area contributed by atoms with E-state index in [0.29, 0.717) is 6.04 Å². The van der Waals surface area contributed by atoms with Crippen LogP contribution in [0.15, 0.2) is 24.3 Å². The van der Waals surface area contributed by atoms with Crippen molar-refractivity contribution in [3.63, 3.8) is 0 Å². The number of benzene rings is 1. The van der Waals surface area contributed by atoms with Crippen LogP contribution in [0.5, 0.6) is 0 Å². The first-order chi connectivity index (χ1) is 9.65. The molecule has 20 heavy (non-hydrogen) atoms. The average molecular weight is 286 g/mol. The number of aromatic nitrogens is 1. The molecule has 0 saturated carbocycles. The van der Waals surface area contributed by atoms with Crippen molar-refractivity contribution in [2.45, 2.75) is 39.7 Å². The normalized spacial score (nSPS) is 17.6. The van der Waals surface area contributed by atoms with Gasteiger partial charge in [0.05, 0.1) is 15.6 Å². The lowest BCUT2D eigenvalue weighted by Crippen LogP contribution is -2.23. The molecule has 0 unspecified atom stereocenters. The minimum Gasteiger partial charge on any atom is -0.297 e. The minimum atomic E-state index is 0.520. The number of hydrogen-bond donors (Lipinski definition) is 0. The fourth-order valence-electron chi connectivity index (χ4n) is 3.08. The summed E-state index contributed by atoms with van der Waals surface area (Å²) < 4.78 is 0. The van der Waals surface area contributed by atoms with Crippen molar-refractivity contribution in [3.05, 3.63) is 40.5 Å². The summed E-state index contributed by atoms with van der Waals surface area (Å²) >= 11 is 1.80. The van der Waals surface area contributed by atoms with Gasteiger partial charge in [0.25, 0.3) is 0 Å². The molecule has 2 aromatic rings. The number of likely N-dealkylation sites (tertiary alicyclic amines) is 1. The molecule has 1 fully saturated rings. The van der Waals surface area contributed by atoms with E-state index in [0.717, 1.165) is 10.7 Å². The first-order valence-electron chi connectivity index (χ1n) is 7.43. The fraction of sp³-hybridized carbons (Fsp3) is 0.471. The molecule has 3 rings (SSSR count). The molecule has 0 aliphatic carbocycles. The number of hydrogen-bond acceptors (Lipinski definition) is 3. The highest BCUT2D eigenvalue weighted by molar-refractivity contribution is 7.15. The van der Waals surface area contributed by atoms with Crippen molar-refractivity contribution in [2.24, 2.45) is 0 Å². The van der Waals surface area contributed by atoms with E-state index in [1.54, 1.807) is 11.3 Å². The van der Waals surface area contributed by atoms with Gasteiger partial charge in [-0.2, -0.15) is 0 Å². The molecule has 1 aliphatic heterocycles. The fourth-order valence-corrected chi connectivity index (χ4v) is 3.99. The van der Waals surface area contributed by atoms with E-state index >= 15 is 0 Å². The van der Waals surface area contributed by atoms with Crippen molar-refractivity contribution in [1.82, 2.24) is 9.88 Å². The molecule has 2 heterocycles. The summed E-state index contributed by atoms with van der Waals surface area (Å²) in [6.07, 6.45) is 2.69. The van der Waals surface area contributed by atoms with Gasteiger partial charge in [-0.15, -0.1) is 11.3 Å². The van der Waals surface area contributed by atoms with Gasteiger partial charge in [-0.05, 0) is 63.9 Å². The lowest BCUT2D eigenvalue weighted by atomic mass is 10.0. The van der Waals surface area contributed by atoms with E-state index in [9.17, 15) is 0 Å². The molecule has 1 atom stereocenters. The van der Waals surface area contributed by atoms with Crippen LogP contribution in [-0.4, -0.2) is 23.0 Å². The second kappa shape index (κ2) is 5.66. The van der Waals surface area contributed by atoms with Crippen LogP contribution >= 0.6 is 11.3 Å². The van der Waals surface area contributed by atoms with Gasteiger partial charge in [0.2, 0.25) is 0 Å². The predicted molar refractivity (Wildman–Crippen MR) is 86.2 cm³/mol. The molecule has 0 N–H and O–H groups in total. The molecule has 1 saturated heterocycles. The molecule has 1 aliphatic rings. The van der Waals surface area contributed by atoms with Gasteiger partial charge in [-0.1, -0.05) is 18.2 Å². The molecule has 1 aromatic carbocycles. The molecule has 0 radical (unpaired) electrons. The van der Waals surface area contributed by atoms with Gasteiger partial charge >= 0.3 is 0 Å². The topological polar surface area (TPSA) is 16.1 Å². The van der Waals surface area contributed by atoms with Gasteiger partial charge in [0.15, 0.2) is 0 Å². The quantitative estimate of drug-likeness (QED) is 0.820. The van der Waals surface area contributed by atoms with Gasteiger partial charge in [-0.25, -0.2) is 4.98 Å². The van der Waals surface area contributed by atoms with Crippen LogP contribution in [0.2, 0.25) is 0 Å². The molecule has 0 amide bonds. The van der Waals surface area contributed by atoms with Crippen LogP contribution < -0.4 is 0 Å². The van der Waals surface area contributed by atoms with Crippen molar-refractivity contribution in [2.75, 3.05) is 13.1 Å². The zero-order valence-corrected chi connectivity index (χ0v) is 13.3. The molecule has 106 valence electrons. The first kappa shape index (κ1) is 13.8. The maximum atomic E-state index is 4.55. The first-order valence-corrected chi connectivity index (χ1v) is 8.25. The van der Waals surface area contributed by atoms with E-state index in [1.807, 2.05) is 0 Å². The third kappa shape index (κ3) is 2.65. The highest BCUT2D eigenvalue weighted by Crippen LogP contribution is 2.32. The van der Waals surface area contributed by atoms with Crippen LogP contribution in [0.3, 0.4) is 0 Å². The Balaban J connectivity index is 1.91. The average Bonchev–Trinajstić information content (AvgIpc) is 3.08. The summed E-state index contributed by atoms with van der Waals surface area (Å²) in [5.41, 5.74) is 3.89. The lowest BCUT2D eigenvalue weighted by molar-refractivity contribution is 0.263. The minimum absolute atomic E-state index is 0.520. The Morgan fingerprint density at radius 1 is 1.20 bits per heavy atom. The molecule has 0 bridgehead atoms. The zero-order valence-electron chi connectivity index (χ0n) is 12.5. The number of aryl methyl sites for hydroxylation is 2. The Labute approximate surface area is 125 Å². The van der Waals surface area contributed by atoms with Crippen molar-refractivity contribution < 1.29 is 0 Å². The Morgan fingerprint density at radius 2 is 1.95 bits per heavy atom. The third-order valence-electron chi connectivity index (χ3n) is 4.22. The summed E-state index contributed by atoms with van der Waals surface area (Å²) in [5.74, 6) is 0. The van der Waals surface area contributed by atoms with E-state index in [2.05, 4.69) is 54.9 Å². The van der Waals surface area contributed by atoms with Crippen LogP contribution in [0.1, 0.15) is 42.1 Å². The third-order valence-corrected chi connectivity index (χ3v) is 5.35. The highest BCUT2D eigenvalue weighted by Gasteiger charge is 2.20. The Bertz CT molecular complexity index is 597. The van der Waals surface area contributed by atoms with Crippen molar-refractivity contribution in [1.29, 1.82) is 0 Å². The smallest absolute Gasteiger partial charge is 0.0903 e. The van der Waals surface area contributed by atoms with Gasteiger partial charge in [-0.3, -0.25) is 4.90 Å². The van der Waals surface area contributed by atoms with Crippen LogP contribution in [-0.2, 0) is 0 Å². The van der Waals surface area contributed by atoms with Gasteiger partial charge in [0.1, 0.15) is 0 Å². The van der Waals surface area contributed by atoms with Crippen LogP contribution in [0.4, 0.5) is 0 Å². The molecule has 3 heteroatoms. The van der Waals surface area contributed by atoms with E-state index in [1.165, 1.54) is 41.9 Å². The SMILES string of the molecule is Cc1nc(C)c(-c2cccc([C@H](C)N3CCCC3)c2)s1. The summed E-state index contributed by atoms with van der Waals surface area (Å²) in [6, 6.07) is 9.52. The largest absolute Gasteiger partial charge is 0.297 e. The standard InChI is InChI=1S/C17H22N2S/c1-12-17(20-14(3)18-12)16-8-6-7-15(11-16)13(2)19-9-4-5-10-19/h6-8,11,13H,4-5,9-10H2,1-3H3/t13-/m0/s1. The second-order valence-corrected chi connectivity index (χ2v) is 6.90. The highest BCUT2D eigenvalue weighted by atomic mass is 32.1. The Hall–Kier alpha value is -1.19. The summed E-state index contributed by atoms with van der Waals surface area (Å²) in [6.45, 7) is 9.00. The zero-order chi connectivity index (χ0) is 14.1. The lowest BCUT2D eigenvalue weighted by Gasteiger charge is -2.24. The molecule has 1 aromatic heterocycles. The predicted octanol–water partition coefficient (Wildman–Crippen LogP) is 4.58. The molecular formula is C17H22N2S. The molecular weight excluding hydrogens is 264 g/mol. The Morgan fingerprint density at radius 3 is 2.60 bits per heavy atom. The maximum Gasteiger partial charge on any atom is 0.0903 e. The molecule has 2 nitrogen and oxygen atoms in total. The number of nitrogens with zero attached hydrogens (tertiary/aromatic N) is 2. The van der Waals surface area contributed by atoms with E-state index in [4.69, 9.17) is 0 Å². The van der Waals surface area contributed by atoms with Gasteiger partial charge < -0.3 is 0 Å². The van der Waals surface area contributed by atoms with Crippen molar-refractivity contribution >= 4 is 11.3 Å². The monoisotopic (exact) mass is 286 g/mol. The van der Waals surface area contributed by atoms with Crippen molar-refractivity contribution in [3.8, 4) is 10.4 Å². The van der Waals surface area contributed by atoms with E-state index < -0.39 is 0 Å². The second-order valence-electron chi connectivity index (χ2n) is 5.69. The number of rotatable bonds is 3. The van der Waals surface area contributed by atoms with Crippen LogP contribution in [0, 0.1) is 13.8 Å². The number of thiazole rings is 1. The summed E-state index contributed by atoms with van der Waals surface area (Å²) in [5, 5.41) is 1.15.